The molecule has 6 nitrogen and oxygen atoms in total. The van der Waals surface area contributed by atoms with Gasteiger partial charge in [0.05, 0.1) is 11.8 Å². The zero-order valence-corrected chi connectivity index (χ0v) is 9.17. The minimum absolute atomic E-state index is 0.216. The van der Waals surface area contributed by atoms with Crippen LogP contribution in [0.15, 0.2) is 18.5 Å². The van der Waals surface area contributed by atoms with E-state index in [1.54, 1.807) is 6.07 Å². The minimum Gasteiger partial charge on any atom is -0.481 e. The fraction of sp³-hybridized carbons (Fsp3) is 0.455. The molecular formula is C11H13N3O3. The molecule has 1 saturated carbocycles. The second kappa shape index (κ2) is 4.90. The summed E-state index contributed by atoms with van der Waals surface area (Å²) in [5.41, 5.74) is 0. The molecule has 2 rings (SSSR count). The summed E-state index contributed by atoms with van der Waals surface area (Å²) in [5.74, 6) is -2.05. The third-order valence-corrected chi connectivity index (χ3v) is 2.97. The number of carboxylic acids is 1. The van der Waals surface area contributed by atoms with Crippen LogP contribution < -0.4 is 5.32 Å². The van der Waals surface area contributed by atoms with E-state index in [0.29, 0.717) is 12.8 Å². The van der Waals surface area contributed by atoms with E-state index in [1.165, 1.54) is 12.4 Å². The quantitative estimate of drug-likeness (QED) is 0.812. The number of anilines is 1. The largest absolute Gasteiger partial charge is 0.481 e. The first kappa shape index (κ1) is 11.5. The van der Waals surface area contributed by atoms with Gasteiger partial charge in [0.25, 0.3) is 0 Å². The zero-order valence-electron chi connectivity index (χ0n) is 9.17. The molecule has 6 heteroatoms. The molecule has 1 aliphatic rings. The number of amides is 1. The van der Waals surface area contributed by atoms with Crippen molar-refractivity contribution in [3.8, 4) is 0 Å². The zero-order chi connectivity index (χ0) is 12.3. The first-order valence-electron chi connectivity index (χ1n) is 5.49. The molecule has 17 heavy (non-hydrogen) atoms. The van der Waals surface area contributed by atoms with Gasteiger partial charge in [0.1, 0.15) is 0 Å². The summed E-state index contributed by atoms with van der Waals surface area (Å²) in [5, 5.41) is 11.5. The standard InChI is InChI=1S/C11H13N3O3/c15-9(14-11-12-5-2-6-13-11)7-3-1-4-8(7)10(16)17/h2,5-8H,1,3-4H2,(H,16,17)(H,12,13,14,15)/t7-,8+/m1/s1. The molecule has 2 atom stereocenters. The second-order valence-electron chi connectivity index (χ2n) is 4.04. The first-order chi connectivity index (χ1) is 8.18. The van der Waals surface area contributed by atoms with Crippen LogP contribution in [0.2, 0.25) is 0 Å². The molecule has 0 saturated heterocycles. The van der Waals surface area contributed by atoms with E-state index in [0.717, 1.165) is 6.42 Å². The number of hydrogen-bond acceptors (Lipinski definition) is 4. The van der Waals surface area contributed by atoms with Crippen molar-refractivity contribution < 1.29 is 14.7 Å². The predicted molar refractivity (Wildman–Crippen MR) is 59.1 cm³/mol. The van der Waals surface area contributed by atoms with Crippen molar-refractivity contribution in [1.29, 1.82) is 0 Å². The van der Waals surface area contributed by atoms with E-state index in [2.05, 4.69) is 15.3 Å². The van der Waals surface area contributed by atoms with Crippen molar-refractivity contribution in [3.63, 3.8) is 0 Å². The predicted octanol–water partition coefficient (Wildman–Crippen LogP) is 0.916. The molecule has 1 aliphatic carbocycles. The number of carbonyl (C=O) groups excluding carboxylic acids is 1. The maximum atomic E-state index is 11.9. The molecule has 1 aromatic heterocycles. The number of rotatable bonds is 3. The van der Waals surface area contributed by atoms with E-state index in [1.807, 2.05) is 0 Å². The maximum Gasteiger partial charge on any atom is 0.307 e. The van der Waals surface area contributed by atoms with Crippen molar-refractivity contribution in [2.24, 2.45) is 11.8 Å². The molecule has 2 N–H and O–H groups in total. The fourth-order valence-electron chi connectivity index (χ4n) is 2.14. The lowest BCUT2D eigenvalue weighted by Crippen LogP contribution is -2.30. The van der Waals surface area contributed by atoms with E-state index in [-0.39, 0.29) is 11.9 Å². The molecule has 0 spiro atoms. The lowest BCUT2D eigenvalue weighted by Gasteiger charge is -2.14. The van der Waals surface area contributed by atoms with Crippen molar-refractivity contribution in [2.45, 2.75) is 19.3 Å². The van der Waals surface area contributed by atoms with Crippen LogP contribution in [-0.4, -0.2) is 27.0 Å². The summed E-state index contributed by atoms with van der Waals surface area (Å²) >= 11 is 0. The maximum absolute atomic E-state index is 11.9. The Kier molecular flexibility index (Phi) is 3.32. The smallest absolute Gasteiger partial charge is 0.307 e. The van der Waals surface area contributed by atoms with Gasteiger partial charge in [0.15, 0.2) is 0 Å². The Hall–Kier alpha value is -1.98. The SMILES string of the molecule is O=C(O)[C@H]1CCC[C@H]1C(=O)Nc1ncccn1. The monoisotopic (exact) mass is 235 g/mol. The van der Waals surface area contributed by atoms with Crippen molar-refractivity contribution >= 4 is 17.8 Å². The molecular weight excluding hydrogens is 222 g/mol. The van der Waals surface area contributed by atoms with Gasteiger partial charge in [0, 0.05) is 12.4 Å². The Bertz CT molecular complexity index is 421. The molecule has 0 aromatic carbocycles. The van der Waals surface area contributed by atoms with Crippen LogP contribution >= 0.6 is 0 Å². The second-order valence-corrected chi connectivity index (χ2v) is 4.04. The highest BCUT2D eigenvalue weighted by Crippen LogP contribution is 2.32. The highest BCUT2D eigenvalue weighted by Gasteiger charge is 2.37. The van der Waals surface area contributed by atoms with Gasteiger partial charge in [-0.1, -0.05) is 6.42 Å². The van der Waals surface area contributed by atoms with Crippen molar-refractivity contribution in [1.82, 2.24) is 9.97 Å². The molecule has 1 heterocycles. The summed E-state index contributed by atoms with van der Waals surface area (Å²) in [6, 6.07) is 1.64. The van der Waals surface area contributed by atoms with Crippen LogP contribution in [-0.2, 0) is 9.59 Å². The van der Waals surface area contributed by atoms with Crippen LogP contribution in [0.25, 0.3) is 0 Å². The third-order valence-electron chi connectivity index (χ3n) is 2.97. The Balaban J connectivity index is 2.03. The van der Waals surface area contributed by atoms with E-state index < -0.39 is 17.8 Å². The Labute approximate surface area is 98.1 Å². The van der Waals surface area contributed by atoms with E-state index >= 15 is 0 Å². The fourth-order valence-corrected chi connectivity index (χ4v) is 2.14. The molecule has 1 aromatic rings. The van der Waals surface area contributed by atoms with Crippen molar-refractivity contribution in [3.05, 3.63) is 18.5 Å². The summed E-state index contributed by atoms with van der Waals surface area (Å²) < 4.78 is 0. The summed E-state index contributed by atoms with van der Waals surface area (Å²) in [6.07, 6.45) is 4.97. The topological polar surface area (TPSA) is 92.2 Å². The molecule has 1 amide bonds. The van der Waals surface area contributed by atoms with Crippen LogP contribution in [0.4, 0.5) is 5.95 Å². The number of carboxylic acid groups (broad SMARTS) is 1. The number of aromatic nitrogens is 2. The molecule has 0 aliphatic heterocycles. The number of hydrogen-bond donors (Lipinski definition) is 2. The van der Waals surface area contributed by atoms with Gasteiger partial charge in [-0.3, -0.25) is 14.9 Å². The van der Waals surface area contributed by atoms with Gasteiger partial charge < -0.3 is 5.11 Å². The van der Waals surface area contributed by atoms with Crippen LogP contribution in [0.3, 0.4) is 0 Å². The van der Waals surface area contributed by atoms with Gasteiger partial charge in [-0.15, -0.1) is 0 Å². The highest BCUT2D eigenvalue weighted by molar-refractivity contribution is 5.94. The van der Waals surface area contributed by atoms with Gasteiger partial charge in [0.2, 0.25) is 11.9 Å². The molecule has 1 fully saturated rings. The molecule has 90 valence electrons. The Morgan fingerprint density at radius 1 is 1.24 bits per heavy atom. The average molecular weight is 235 g/mol. The highest BCUT2D eigenvalue weighted by atomic mass is 16.4. The molecule has 0 unspecified atom stereocenters. The van der Waals surface area contributed by atoms with Crippen LogP contribution in [0.5, 0.6) is 0 Å². The lowest BCUT2D eigenvalue weighted by molar-refractivity contribution is -0.145. The van der Waals surface area contributed by atoms with Gasteiger partial charge >= 0.3 is 5.97 Å². The summed E-state index contributed by atoms with van der Waals surface area (Å²) in [6.45, 7) is 0. The third kappa shape index (κ3) is 2.58. The van der Waals surface area contributed by atoms with E-state index in [9.17, 15) is 9.59 Å². The molecule has 0 radical (unpaired) electrons. The van der Waals surface area contributed by atoms with Crippen LogP contribution in [0.1, 0.15) is 19.3 Å². The average Bonchev–Trinajstić information content (AvgIpc) is 2.79. The van der Waals surface area contributed by atoms with Gasteiger partial charge in [-0.25, -0.2) is 9.97 Å². The Morgan fingerprint density at radius 3 is 2.53 bits per heavy atom. The van der Waals surface area contributed by atoms with E-state index in [4.69, 9.17) is 5.11 Å². The van der Waals surface area contributed by atoms with Gasteiger partial charge in [-0.05, 0) is 18.9 Å². The number of carbonyl (C=O) groups is 2. The normalized spacial score (nSPS) is 23.3. The number of nitrogens with zero attached hydrogens (tertiary/aromatic N) is 2. The minimum atomic E-state index is -0.906. The number of nitrogens with one attached hydrogen (secondary N) is 1. The lowest BCUT2D eigenvalue weighted by atomic mass is 9.95. The first-order valence-corrected chi connectivity index (χ1v) is 5.49. The van der Waals surface area contributed by atoms with Crippen molar-refractivity contribution in [2.75, 3.05) is 5.32 Å². The summed E-state index contributed by atoms with van der Waals surface area (Å²) in [7, 11) is 0. The summed E-state index contributed by atoms with van der Waals surface area (Å²) in [4.78, 5) is 30.6. The van der Waals surface area contributed by atoms with Crippen LogP contribution in [0, 0.1) is 11.8 Å². The Morgan fingerprint density at radius 2 is 1.88 bits per heavy atom. The van der Waals surface area contributed by atoms with Gasteiger partial charge in [-0.2, -0.15) is 0 Å². The molecule has 0 bridgehead atoms. The number of aliphatic carboxylic acids is 1.